The number of rotatable bonds is 6. The van der Waals surface area contributed by atoms with Gasteiger partial charge in [-0.1, -0.05) is 11.6 Å². The molecule has 0 saturated carbocycles. The monoisotopic (exact) mass is 287 g/mol. The zero-order chi connectivity index (χ0) is 14.4. The minimum atomic E-state index is -1.49. The van der Waals surface area contributed by atoms with Gasteiger partial charge in [0.2, 0.25) is 0 Å². The number of methoxy groups -OCH3 is 1. The van der Waals surface area contributed by atoms with Gasteiger partial charge in [0.15, 0.2) is 6.10 Å². The summed E-state index contributed by atoms with van der Waals surface area (Å²) in [5.74, 6) is -1.42. The minimum Gasteiger partial charge on any atom is -0.496 e. The van der Waals surface area contributed by atoms with E-state index in [4.69, 9.17) is 26.6 Å². The fourth-order valence-corrected chi connectivity index (χ4v) is 1.56. The average Bonchev–Trinajstić information content (AvgIpc) is 2.37. The summed E-state index contributed by atoms with van der Waals surface area (Å²) in [5.41, 5.74) is 0.289. The second-order valence-corrected chi connectivity index (χ2v) is 4.18. The maximum absolute atomic E-state index is 11.8. The van der Waals surface area contributed by atoms with E-state index in [9.17, 15) is 9.59 Å². The van der Waals surface area contributed by atoms with Crippen LogP contribution in [0, 0.1) is 0 Å². The zero-order valence-electron chi connectivity index (χ0n) is 10.2. The SMILES string of the molecule is COc1cc(Cl)ccc1C(=O)NCCC(O)C(=O)O. The Hall–Kier alpha value is -1.79. The molecule has 1 atom stereocenters. The second-order valence-electron chi connectivity index (χ2n) is 3.74. The van der Waals surface area contributed by atoms with Crippen molar-refractivity contribution in [2.45, 2.75) is 12.5 Å². The highest BCUT2D eigenvalue weighted by Crippen LogP contribution is 2.22. The minimum absolute atomic E-state index is 0.0398. The predicted molar refractivity (Wildman–Crippen MR) is 68.6 cm³/mol. The summed E-state index contributed by atoms with van der Waals surface area (Å²) >= 11 is 5.77. The summed E-state index contributed by atoms with van der Waals surface area (Å²) in [6, 6.07) is 4.55. The molecule has 104 valence electrons. The Morgan fingerprint density at radius 2 is 2.16 bits per heavy atom. The van der Waals surface area contributed by atoms with Crippen LogP contribution in [0.15, 0.2) is 18.2 Å². The van der Waals surface area contributed by atoms with Crippen LogP contribution in [0.4, 0.5) is 0 Å². The molecule has 1 aromatic rings. The third-order valence-electron chi connectivity index (χ3n) is 2.40. The number of aliphatic hydroxyl groups is 1. The van der Waals surface area contributed by atoms with Crippen molar-refractivity contribution in [3.05, 3.63) is 28.8 Å². The van der Waals surface area contributed by atoms with Gasteiger partial charge in [-0.25, -0.2) is 4.79 Å². The Balaban J connectivity index is 2.61. The first kappa shape index (κ1) is 15.3. The van der Waals surface area contributed by atoms with Gasteiger partial charge in [0.1, 0.15) is 5.75 Å². The van der Waals surface area contributed by atoms with Crippen LogP contribution in [-0.2, 0) is 4.79 Å². The van der Waals surface area contributed by atoms with Crippen LogP contribution >= 0.6 is 11.6 Å². The largest absolute Gasteiger partial charge is 0.496 e. The maximum atomic E-state index is 11.8. The van der Waals surface area contributed by atoms with E-state index in [2.05, 4.69) is 5.32 Å². The van der Waals surface area contributed by atoms with E-state index in [0.29, 0.717) is 10.8 Å². The van der Waals surface area contributed by atoms with E-state index in [1.54, 1.807) is 6.07 Å². The Morgan fingerprint density at radius 3 is 2.74 bits per heavy atom. The van der Waals surface area contributed by atoms with Crippen LogP contribution in [0.2, 0.25) is 5.02 Å². The van der Waals surface area contributed by atoms with Gasteiger partial charge in [-0.2, -0.15) is 0 Å². The first-order valence-electron chi connectivity index (χ1n) is 5.48. The number of carbonyl (C=O) groups is 2. The molecule has 0 heterocycles. The van der Waals surface area contributed by atoms with E-state index in [0.717, 1.165) is 0 Å². The van der Waals surface area contributed by atoms with Crippen LogP contribution in [0.1, 0.15) is 16.8 Å². The first-order valence-corrected chi connectivity index (χ1v) is 5.86. The fourth-order valence-electron chi connectivity index (χ4n) is 1.39. The van der Waals surface area contributed by atoms with Crippen LogP contribution < -0.4 is 10.1 Å². The molecule has 3 N–H and O–H groups in total. The number of hydrogen-bond acceptors (Lipinski definition) is 4. The number of hydrogen-bond donors (Lipinski definition) is 3. The molecule has 0 bridgehead atoms. The third-order valence-corrected chi connectivity index (χ3v) is 2.63. The Labute approximate surface area is 114 Å². The van der Waals surface area contributed by atoms with E-state index in [1.165, 1.54) is 19.2 Å². The van der Waals surface area contributed by atoms with E-state index in [-0.39, 0.29) is 18.5 Å². The molecule has 0 fully saturated rings. The lowest BCUT2D eigenvalue weighted by Crippen LogP contribution is -2.30. The number of carboxylic acids is 1. The summed E-state index contributed by atoms with van der Waals surface area (Å²) in [4.78, 5) is 22.2. The van der Waals surface area contributed by atoms with E-state index >= 15 is 0 Å². The summed E-state index contributed by atoms with van der Waals surface area (Å²) in [7, 11) is 1.41. The highest BCUT2D eigenvalue weighted by atomic mass is 35.5. The number of ether oxygens (including phenoxy) is 1. The number of halogens is 1. The standard InChI is InChI=1S/C12H14ClNO5/c1-19-10-6-7(13)2-3-8(10)11(16)14-5-4-9(15)12(17)18/h2-3,6,9,15H,4-5H2,1H3,(H,14,16)(H,17,18). The van der Waals surface area contributed by atoms with Gasteiger partial charge in [0, 0.05) is 18.0 Å². The Morgan fingerprint density at radius 1 is 1.47 bits per heavy atom. The molecule has 0 aliphatic rings. The molecule has 1 aromatic carbocycles. The molecule has 6 nitrogen and oxygen atoms in total. The quantitative estimate of drug-likeness (QED) is 0.723. The molecule has 19 heavy (non-hydrogen) atoms. The van der Waals surface area contributed by atoms with Crippen LogP contribution in [-0.4, -0.2) is 41.8 Å². The van der Waals surface area contributed by atoms with Crippen molar-refractivity contribution < 1.29 is 24.5 Å². The number of carboxylic acid groups (broad SMARTS) is 1. The second kappa shape index (κ2) is 6.96. The van der Waals surface area contributed by atoms with Crippen molar-refractivity contribution in [2.24, 2.45) is 0 Å². The molecule has 0 radical (unpaired) electrons. The van der Waals surface area contributed by atoms with Crippen molar-refractivity contribution in [3.63, 3.8) is 0 Å². The molecular weight excluding hydrogens is 274 g/mol. The summed E-state index contributed by atoms with van der Waals surface area (Å²) in [6.07, 6.45) is -1.57. The number of aliphatic hydroxyl groups excluding tert-OH is 1. The van der Waals surface area contributed by atoms with Gasteiger partial charge in [-0.15, -0.1) is 0 Å². The Kier molecular flexibility index (Phi) is 5.59. The molecular formula is C12H14ClNO5. The lowest BCUT2D eigenvalue weighted by atomic mass is 10.2. The number of aliphatic carboxylic acids is 1. The number of amides is 1. The number of carbonyl (C=O) groups excluding carboxylic acids is 1. The van der Waals surface area contributed by atoms with Crippen LogP contribution in [0.5, 0.6) is 5.75 Å². The molecule has 7 heteroatoms. The molecule has 1 rings (SSSR count). The normalized spacial score (nSPS) is 11.7. The fraction of sp³-hybridized carbons (Fsp3) is 0.333. The highest BCUT2D eigenvalue weighted by Gasteiger charge is 2.15. The van der Waals surface area contributed by atoms with Gasteiger partial charge in [-0.3, -0.25) is 4.79 Å². The van der Waals surface area contributed by atoms with Gasteiger partial charge in [-0.05, 0) is 18.2 Å². The first-order chi connectivity index (χ1) is 8.95. The van der Waals surface area contributed by atoms with Gasteiger partial charge in [0.05, 0.1) is 12.7 Å². The highest BCUT2D eigenvalue weighted by molar-refractivity contribution is 6.30. The third kappa shape index (κ3) is 4.42. The smallest absolute Gasteiger partial charge is 0.332 e. The predicted octanol–water partition coefficient (Wildman–Crippen LogP) is 0.914. The number of nitrogens with one attached hydrogen (secondary N) is 1. The molecule has 0 aliphatic heterocycles. The van der Waals surface area contributed by atoms with Crippen molar-refractivity contribution in [1.29, 1.82) is 0 Å². The zero-order valence-corrected chi connectivity index (χ0v) is 11.0. The molecule has 0 spiro atoms. The van der Waals surface area contributed by atoms with Gasteiger partial charge in [0.25, 0.3) is 5.91 Å². The van der Waals surface area contributed by atoms with Crippen molar-refractivity contribution in [2.75, 3.05) is 13.7 Å². The molecule has 1 unspecified atom stereocenters. The van der Waals surface area contributed by atoms with E-state index < -0.39 is 18.0 Å². The summed E-state index contributed by atoms with van der Waals surface area (Å²) in [5, 5.41) is 20.5. The summed E-state index contributed by atoms with van der Waals surface area (Å²) in [6.45, 7) is 0.0398. The van der Waals surface area contributed by atoms with Crippen LogP contribution in [0.25, 0.3) is 0 Å². The Bertz CT molecular complexity index is 477. The average molecular weight is 288 g/mol. The van der Waals surface area contributed by atoms with E-state index in [1.807, 2.05) is 0 Å². The van der Waals surface area contributed by atoms with Crippen LogP contribution in [0.3, 0.4) is 0 Å². The maximum Gasteiger partial charge on any atom is 0.332 e. The summed E-state index contributed by atoms with van der Waals surface area (Å²) < 4.78 is 5.02. The topological polar surface area (TPSA) is 95.9 Å². The van der Waals surface area contributed by atoms with Gasteiger partial charge < -0.3 is 20.3 Å². The van der Waals surface area contributed by atoms with Crippen molar-refractivity contribution >= 4 is 23.5 Å². The molecule has 0 saturated heterocycles. The van der Waals surface area contributed by atoms with Crippen molar-refractivity contribution in [1.82, 2.24) is 5.32 Å². The lowest BCUT2D eigenvalue weighted by Gasteiger charge is -2.10. The van der Waals surface area contributed by atoms with Crippen molar-refractivity contribution in [3.8, 4) is 5.75 Å². The van der Waals surface area contributed by atoms with Gasteiger partial charge >= 0.3 is 5.97 Å². The molecule has 0 aromatic heterocycles. The molecule has 1 amide bonds. The lowest BCUT2D eigenvalue weighted by molar-refractivity contribution is -0.146. The molecule has 0 aliphatic carbocycles. The number of benzene rings is 1.